The SMILES string of the molecule is COCC1(CNC(=O)c2cc(Cl)cc([N+](=O)[O-])c2)CCNCC1. The van der Waals surface area contributed by atoms with Crippen molar-refractivity contribution in [2.24, 2.45) is 5.41 Å². The number of ether oxygens (including phenoxy) is 1. The summed E-state index contributed by atoms with van der Waals surface area (Å²) in [6.07, 6.45) is 1.80. The molecule has 126 valence electrons. The van der Waals surface area contributed by atoms with E-state index in [4.69, 9.17) is 16.3 Å². The standard InChI is InChI=1S/C15H20ClN3O4/c1-23-10-15(2-4-17-5-3-15)9-18-14(20)11-6-12(16)8-13(7-11)19(21)22/h6-8,17H,2-5,9-10H2,1H3,(H,18,20). The number of nitrogens with one attached hydrogen (secondary N) is 2. The third-order valence-electron chi connectivity index (χ3n) is 4.09. The average Bonchev–Trinajstić information content (AvgIpc) is 2.53. The van der Waals surface area contributed by atoms with Crippen molar-refractivity contribution in [3.05, 3.63) is 38.9 Å². The van der Waals surface area contributed by atoms with Crippen LogP contribution in [0.4, 0.5) is 5.69 Å². The van der Waals surface area contributed by atoms with E-state index in [1.54, 1.807) is 7.11 Å². The number of methoxy groups -OCH3 is 1. The molecule has 0 spiro atoms. The summed E-state index contributed by atoms with van der Waals surface area (Å²) in [5, 5.41) is 17.2. The third kappa shape index (κ3) is 4.63. The van der Waals surface area contributed by atoms with Crippen LogP contribution in [0.25, 0.3) is 0 Å². The number of rotatable bonds is 6. The van der Waals surface area contributed by atoms with Gasteiger partial charge >= 0.3 is 0 Å². The lowest BCUT2D eigenvalue weighted by atomic mass is 9.79. The molecule has 1 saturated heterocycles. The molecule has 7 nitrogen and oxygen atoms in total. The van der Waals surface area contributed by atoms with Crippen molar-refractivity contribution in [2.45, 2.75) is 12.8 Å². The Kier molecular flexibility index (Phi) is 5.92. The minimum absolute atomic E-state index is 0.111. The molecule has 0 bridgehead atoms. The number of hydrogen-bond acceptors (Lipinski definition) is 5. The first-order chi connectivity index (χ1) is 11.0. The van der Waals surface area contributed by atoms with Crippen LogP contribution < -0.4 is 10.6 Å². The first kappa shape index (κ1) is 17.7. The van der Waals surface area contributed by atoms with E-state index in [2.05, 4.69) is 10.6 Å². The summed E-state index contributed by atoms with van der Waals surface area (Å²) in [7, 11) is 1.64. The summed E-state index contributed by atoms with van der Waals surface area (Å²) in [6.45, 7) is 2.77. The second-order valence-corrected chi connectivity index (χ2v) is 6.26. The van der Waals surface area contributed by atoms with E-state index < -0.39 is 4.92 Å². The highest BCUT2D eigenvalue weighted by molar-refractivity contribution is 6.31. The number of benzene rings is 1. The summed E-state index contributed by atoms with van der Waals surface area (Å²) >= 11 is 5.85. The van der Waals surface area contributed by atoms with E-state index in [0.29, 0.717) is 13.2 Å². The van der Waals surface area contributed by atoms with Gasteiger partial charge in [0.25, 0.3) is 11.6 Å². The van der Waals surface area contributed by atoms with E-state index in [1.165, 1.54) is 18.2 Å². The molecule has 1 amide bonds. The van der Waals surface area contributed by atoms with Crippen LogP contribution in [0.3, 0.4) is 0 Å². The number of halogens is 1. The van der Waals surface area contributed by atoms with Crippen LogP contribution in [-0.2, 0) is 4.74 Å². The number of nitrogens with zero attached hydrogens (tertiary/aromatic N) is 1. The summed E-state index contributed by atoms with van der Waals surface area (Å²) in [5.74, 6) is -0.371. The van der Waals surface area contributed by atoms with Crippen molar-refractivity contribution in [1.82, 2.24) is 10.6 Å². The normalized spacial score (nSPS) is 16.8. The first-order valence-electron chi connectivity index (χ1n) is 7.39. The fraction of sp³-hybridized carbons (Fsp3) is 0.533. The van der Waals surface area contributed by atoms with Crippen LogP contribution in [0.15, 0.2) is 18.2 Å². The van der Waals surface area contributed by atoms with Gasteiger partial charge in [-0.1, -0.05) is 11.6 Å². The summed E-state index contributed by atoms with van der Waals surface area (Å²) < 4.78 is 5.30. The summed E-state index contributed by atoms with van der Waals surface area (Å²) in [6, 6.07) is 3.87. The van der Waals surface area contributed by atoms with Crippen LogP contribution in [0.2, 0.25) is 5.02 Å². The van der Waals surface area contributed by atoms with Gasteiger partial charge in [0.1, 0.15) is 0 Å². The molecular formula is C15H20ClN3O4. The van der Waals surface area contributed by atoms with E-state index in [1.807, 2.05) is 0 Å². The minimum Gasteiger partial charge on any atom is -0.384 e. The summed E-state index contributed by atoms with van der Waals surface area (Å²) in [5.41, 5.74) is -0.123. The molecule has 0 unspecified atom stereocenters. The van der Waals surface area contributed by atoms with E-state index in [0.717, 1.165) is 25.9 Å². The molecule has 1 aliphatic rings. The topological polar surface area (TPSA) is 93.5 Å². The van der Waals surface area contributed by atoms with E-state index in [9.17, 15) is 14.9 Å². The Morgan fingerprint density at radius 2 is 2.13 bits per heavy atom. The number of non-ortho nitro benzene ring substituents is 1. The number of carbonyl (C=O) groups excluding carboxylic acids is 1. The molecule has 2 rings (SSSR count). The Labute approximate surface area is 139 Å². The molecule has 1 fully saturated rings. The molecule has 1 aromatic rings. The van der Waals surface area contributed by atoms with Crippen LogP contribution in [0.5, 0.6) is 0 Å². The average molecular weight is 342 g/mol. The van der Waals surface area contributed by atoms with Crippen molar-refractivity contribution in [3.63, 3.8) is 0 Å². The zero-order valence-electron chi connectivity index (χ0n) is 12.9. The van der Waals surface area contributed by atoms with Crippen LogP contribution >= 0.6 is 11.6 Å². The molecule has 2 N–H and O–H groups in total. The second-order valence-electron chi connectivity index (χ2n) is 5.82. The highest BCUT2D eigenvalue weighted by Crippen LogP contribution is 2.28. The van der Waals surface area contributed by atoms with Gasteiger partial charge in [-0.15, -0.1) is 0 Å². The molecule has 0 saturated carbocycles. The lowest BCUT2D eigenvalue weighted by Gasteiger charge is -2.37. The molecule has 0 aliphatic carbocycles. The number of carbonyl (C=O) groups is 1. The molecule has 8 heteroatoms. The monoisotopic (exact) mass is 341 g/mol. The van der Waals surface area contributed by atoms with Gasteiger partial charge < -0.3 is 15.4 Å². The largest absolute Gasteiger partial charge is 0.384 e. The minimum atomic E-state index is -0.568. The van der Waals surface area contributed by atoms with Gasteiger partial charge in [0.05, 0.1) is 11.5 Å². The van der Waals surface area contributed by atoms with Gasteiger partial charge in [0.15, 0.2) is 0 Å². The van der Waals surface area contributed by atoms with Gasteiger partial charge in [0.2, 0.25) is 0 Å². The van der Waals surface area contributed by atoms with Crippen molar-refractivity contribution in [1.29, 1.82) is 0 Å². The van der Waals surface area contributed by atoms with E-state index in [-0.39, 0.29) is 27.6 Å². The maximum atomic E-state index is 12.3. The van der Waals surface area contributed by atoms with Gasteiger partial charge in [-0.2, -0.15) is 0 Å². The van der Waals surface area contributed by atoms with Gasteiger partial charge in [0, 0.05) is 41.8 Å². The summed E-state index contributed by atoms with van der Waals surface area (Å²) in [4.78, 5) is 22.6. The quantitative estimate of drug-likeness (QED) is 0.609. The van der Waals surface area contributed by atoms with Crippen LogP contribution in [0.1, 0.15) is 23.2 Å². The highest BCUT2D eigenvalue weighted by Gasteiger charge is 2.32. The highest BCUT2D eigenvalue weighted by atomic mass is 35.5. The van der Waals surface area contributed by atoms with Gasteiger partial charge in [-0.25, -0.2) is 0 Å². The predicted octanol–water partition coefficient (Wildman–Crippen LogP) is 1.99. The smallest absolute Gasteiger partial charge is 0.271 e. The Bertz CT molecular complexity index is 583. The molecule has 0 aromatic heterocycles. The molecule has 1 aliphatic heterocycles. The third-order valence-corrected chi connectivity index (χ3v) is 4.31. The molecule has 0 atom stereocenters. The Balaban J connectivity index is 2.07. The Morgan fingerprint density at radius 3 is 2.74 bits per heavy atom. The maximum absolute atomic E-state index is 12.3. The molecule has 23 heavy (non-hydrogen) atoms. The lowest BCUT2D eigenvalue weighted by molar-refractivity contribution is -0.384. The first-order valence-corrected chi connectivity index (χ1v) is 7.76. The van der Waals surface area contributed by atoms with E-state index >= 15 is 0 Å². The molecule has 1 heterocycles. The fourth-order valence-corrected chi connectivity index (χ4v) is 3.05. The fourth-order valence-electron chi connectivity index (χ4n) is 2.82. The van der Waals surface area contributed by atoms with Crippen molar-refractivity contribution in [3.8, 4) is 0 Å². The van der Waals surface area contributed by atoms with Crippen LogP contribution in [0, 0.1) is 15.5 Å². The van der Waals surface area contributed by atoms with Gasteiger partial charge in [-0.3, -0.25) is 14.9 Å². The number of nitro groups is 1. The maximum Gasteiger partial charge on any atom is 0.271 e. The molecule has 1 aromatic carbocycles. The van der Waals surface area contributed by atoms with Gasteiger partial charge in [-0.05, 0) is 32.0 Å². The Hall–Kier alpha value is -1.70. The number of piperidine rings is 1. The number of hydrogen-bond donors (Lipinski definition) is 2. The lowest BCUT2D eigenvalue weighted by Crippen LogP contribution is -2.47. The van der Waals surface area contributed by atoms with Crippen LogP contribution in [-0.4, -0.2) is 44.2 Å². The second kappa shape index (κ2) is 7.72. The molecular weight excluding hydrogens is 322 g/mol. The zero-order valence-corrected chi connectivity index (χ0v) is 13.7. The number of amides is 1. The molecule has 0 radical (unpaired) electrons. The van der Waals surface area contributed by atoms with Crippen molar-refractivity contribution >= 4 is 23.2 Å². The van der Waals surface area contributed by atoms with Crippen molar-refractivity contribution in [2.75, 3.05) is 33.4 Å². The zero-order chi connectivity index (χ0) is 16.9. The van der Waals surface area contributed by atoms with Crippen molar-refractivity contribution < 1.29 is 14.5 Å². The Morgan fingerprint density at radius 1 is 1.43 bits per heavy atom. The predicted molar refractivity (Wildman–Crippen MR) is 86.9 cm³/mol. The number of nitro benzene ring substituents is 1.